The Labute approximate surface area is 205 Å². The maximum atomic E-state index is 12.5. The first kappa shape index (κ1) is 24.9. The van der Waals surface area contributed by atoms with Crippen LogP contribution in [-0.4, -0.2) is 56.9 Å². The van der Waals surface area contributed by atoms with Crippen LogP contribution in [0.4, 0.5) is 4.79 Å². The molecule has 0 unspecified atom stereocenters. The van der Waals surface area contributed by atoms with Gasteiger partial charge in [0.2, 0.25) is 5.76 Å². The van der Waals surface area contributed by atoms with E-state index in [-0.39, 0.29) is 30.6 Å². The number of carbonyl (C=O) groups excluding carboxylic acids is 1. The van der Waals surface area contributed by atoms with Crippen molar-refractivity contribution in [3.05, 3.63) is 23.1 Å². The summed E-state index contributed by atoms with van der Waals surface area (Å²) in [5, 5.41) is 13.3. The number of hydrogen-bond donors (Lipinski definition) is 1. The van der Waals surface area contributed by atoms with Crippen molar-refractivity contribution in [2.45, 2.75) is 77.9 Å². The summed E-state index contributed by atoms with van der Waals surface area (Å²) in [6, 6.07) is 0.229. The third kappa shape index (κ3) is 5.91. The van der Waals surface area contributed by atoms with Gasteiger partial charge < -0.3 is 24.0 Å². The highest BCUT2D eigenvalue weighted by Gasteiger charge is 2.28. The highest BCUT2D eigenvalue weighted by molar-refractivity contribution is 5.70. The van der Waals surface area contributed by atoms with E-state index in [0.29, 0.717) is 47.3 Å². The molecule has 2 heterocycles. The van der Waals surface area contributed by atoms with Crippen LogP contribution in [0.1, 0.15) is 68.3 Å². The van der Waals surface area contributed by atoms with Crippen LogP contribution in [0.5, 0.6) is 5.75 Å². The van der Waals surface area contributed by atoms with E-state index in [1.54, 1.807) is 25.1 Å². The minimum atomic E-state index is -0.729. The molecule has 2 aromatic rings. The van der Waals surface area contributed by atoms with Gasteiger partial charge in [0, 0.05) is 13.1 Å². The van der Waals surface area contributed by atoms with Crippen LogP contribution in [0.25, 0.3) is 11.6 Å². The maximum Gasteiger partial charge on any atom is 0.410 e. The van der Waals surface area contributed by atoms with Crippen LogP contribution in [0.3, 0.4) is 0 Å². The molecule has 4 rings (SSSR count). The third-order valence-electron chi connectivity index (χ3n) is 7.23. The van der Waals surface area contributed by atoms with Crippen LogP contribution >= 0.6 is 0 Å². The first-order valence-corrected chi connectivity index (χ1v) is 12.4. The predicted molar refractivity (Wildman–Crippen MR) is 126 cm³/mol. The number of aromatic nitrogens is 3. The fourth-order valence-corrected chi connectivity index (χ4v) is 4.99. The van der Waals surface area contributed by atoms with E-state index < -0.39 is 5.97 Å². The molecule has 0 aromatic carbocycles. The number of aliphatic carboxylic acids is 1. The Bertz CT molecular complexity index is 1050. The summed E-state index contributed by atoms with van der Waals surface area (Å²) < 4.78 is 17.0. The number of carboxylic acids is 1. The Morgan fingerprint density at radius 1 is 1.14 bits per heavy atom. The van der Waals surface area contributed by atoms with E-state index in [0.717, 1.165) is 44.9 Å². The lowest BCUT2D eigenvalue weighted by atomic mass is 9.82. The van der Waals surface area contributed by atoms with Gasteiger partial charge in [-0.1, -0.05) is 24.4 Å². The summed E-state index contributed by atoms with van der Waals surface area (Å²) in [6.45, 7) is 4.06. The number of aryl methyl sites for hydroxylation is 2. The Morgan fingerprint density at radius 3 is 2.63 bits per heavy atom. The van der Waals surface area contributed by atoms with Gasteiger partial charge in [-0.25, -0.2) is 14.8 Å². The highest BCUT2D eigenvalue weighted by atomic mass is 16.6. The van der Waals surface area contributed by atoms with Crippen LogP contribution in [0, 0.1) is 25.7 Å². The quantitative estimate of drug-likeness (QED) is 0.572. The van der Waals surface area contributed by atoms with Crippen LogP contribution in [0.2, 0.25) is 0 Å². The Balaban J connectivity index is 1.38. The summed E-state index contributed by atoms with van der Waals surface area (Å²) in [5.41, 5.74) is 1.88. The first-order valence-electron chi connectivity index (χ1n) is 12.4. The number of ether oxygens (including phenoxy) is 2. The van der Waals surface area contributed by atoms with Crippen LogP contribution in [-0.2, 0) is 16.1 Å². The van der Waals surface area contributed by atoms with Gasteiger partial charge in [0.25, 0.3) is 0 Å². The first-order chi connectivity index (χ1) is 16.8. The number of nitrogens with zero attached hydrogens (tertiary/aromatic N) is 4. The molecule has 0 aliphatic heterocycles. The minimum Gasteiger partial charge on any atom is -0.490 e. The van der Waals surface area contributed by atoms with Crippen molar-refractivity contribution < 1.29 is 28.7 Å². The zero-order valence-electron chi connectivity index (χ0n) is 20.7. The van der Waals surface area contributed by atoms with E-state index in [2.05, 4.69) is 15.1 Å². The van der Waals surface area contributed by atoms with E-state index in [9.17, 15) is 14.7 Å². The molecule has 1 N–H and O–H groups in total. The Hall–Kier alpha value is -3.17. The van der Waals surface area contributed by atoms with E-state index in [1.807, 2.05) is 6.92 Å². The molecule has 0 spiro atoms. The number of amides is 1. The molecule has 2 saturated carbocycles. The van der Waals surface area contributed by atoms with Gasteiger partial charge >= 0.3 is 12.1 Å². The molecule has 10 heteroatoms. The molecule has 0 bridgehead atoms. The van der Waals surface area contributed by atoms with E-state index >= 15 is 0 Å². The lowest BCUT2D eigenvalue weighted by Crippen LogP contribution is -2.35. The molecule has 1 amide bonds. The van der Waals surface area contributed by atoms with Crippen molar-refractivity contribution in [3.8, 4) is 17.3 Å². The maximum absolute atomic E-state index is 12.5. The standard InChI is InChI=1S/C25H34N4O6/c1-15-20(14-34-25(32)29(3)19-9-4-5-10-19)22(35-28-15)23-26-12-21(16(2)27-23)33-13-17-7-6-8-18(11-17)24(30)31/h12,17-19H,4-11,13-14H2,1-3H3,(H,30,31)/t17-,18-/m0/s1. The molecule has 190 valence electrons. The van der Waals surface area contributed by atoms with Gasteiger partial charge in [-0.3, -0.25) is 4.79 Å². The largest absolute Gasteiger partial charge is 0.490 e. The van der Waals surface area contributed by atoms with Gasteiger partial charge in [0.1, 0.15) is 6.61 Å². The number of carbonyl (C=O) groups is 2. The summed E-state index contributed by atoms with van der Waals surface area (Å²) in [7, 11) is 1.78. The van der Waals surface area contributed by atoms with Gasteiger partial charge in [-0.2, -0.15) is 0 Å². The number of hydrogen-bond acceptors (Lipinski definition) is 8. The van der Waals surface area contributed by atoms with Crippen molar-refractivity contribution in [3.63, 3.8) is 0 Å². The van der Waals surface area contributed by atoms with Crippen molar-refractivity contribution in [1.82, 2.24) is 20.0 Å². The second-order valence-electron chi connectivity index (χ2n) is 9.70. The molecule has 10 nitrogen and oxygen atoms in total. The molecular formula is C25H34N4O6. The van der Waals surface area contributed by atoms with E-state index in [4.69, 9.17) is 14.0 Å². The molecule has 2 fully saturated rings. The average Bonchev–Trinajstić information content (AvgIpc) is 3.51. The smallest absolute Gasteiger partial charge is 0.410 e. The fourth-order valence-electron chi connectivity index (χ4n) is 4.99. The molecule has 2 aliphatic rings. The Kier molecular flexibility index (Phi) is 7.87. The summed E-state index contributed by atoms with van der Waals surface area (Å²) >= 11 is 0. The molecule has 2 atom stereocenters. The number of carboxylic acid groups (broad SMARTS) is 1. The summed E-state index contributed by atoms with van der Waals surface area (Å²) in [4.78, 5) is 34.4. The Morgan fingerprint density at radius 2 is 1.91 bits per heavy atom. The number of rotatable bonds is 8. The second kappa shape index (κ2) is 11.0. The highest BCUT2D eigenvalue weighted by Crippen LogP contribution is 2.31. The SMILES string of the molecule is Cc1nc(-c2onc(C)c2COC(=O)N(C)C2CCCC2)ncc1OC[C@H]1CCC[C@H](C(=O)O)C1. The van der Waals surface area contributed by atoms with Crippen LogP contribution in [0.15, 0.2) is 10.7 Å². The summed E-state index contributed by atoms with van der Waals surface area (Å²) in [5.74, 6) is 0.433. The lowest BCUT2D eigenvalue weighted by Gasteiger charge is -2.26. The van der Waals surface area contributed by atoms with Crippen molar-refractivity contribution in [1.29, 1.82) is 0 Å². The zero-order valence-corrected chi connectivity index (χ0v) is 20.7. The normalized spacial score (nSPS) is 20.5. The zero-order chi connectivity index (χ0) is 24.9. The lowest BCUT2D eigenvalue weighted by molar-refractivity contribution is -0.143. The van der Waals surface area contributed by atoms with Gasteiger partial charge in [0.15, 0.2) is 11.6 Å². The minimum absolute atomic E-state index is 0.0215. The van der Waals surface area contributed by atoms with Gasteiger partial charge in [-0.15, -0.1) is 0 Å². The predicted octanol–water partition coefficient (Wildman–Crippen LogP) is 4.53. The fraction of sp³-hybridized carbons (Fsp3) is 0.640. The monoisotopic (exact) mass is 486 g/mol. The molecule has 2 aromatic heterocycles. The second-order valence-corrected chi connectivity index (χ2v) is 9.70. The molecule has 2 aliphatic carbocycles. The van der Waals surface area contributed by atoms with Crippen molar-refractivity contribution >= 4 is 12.1 Å². The molecule has 0 radical (unpaired) electrons. The molecule has 0 saturated heterocycles. The topological polar surface area (TPSA) is 128 Å². The molecule has 35 heavy (non-hydrogen) atoms. The summed E-state index contributed by atoms with van der Waals surface area (Å²) in [6.07, 6.45) is 8.72. The van der Waals surface area contributed by atoms with Crippen molar-refractivity contribution in [2.24, 2.45) is 11.8 Å². The van der Waals surface area contributed by atoms with Gasteiger partial charge in [-0.05, 0) is 51.9 Å². The van der Waals surface area contributed by atoms with Crippen molar-refractivity contribution in [2.75, 3.05) is 13.7 Å². The van der Waals surface area contributed by atoms with Crippen LogP contribution < -0.4 is 4.74 Å². The third-order valence-corrected chi connectivity index (χ3v) is 7.23. The average molecular weight is 487 g/mol. The molecular weight excluding hydrogens is 452 g/mol. The van der Waals surface area contributed by atoms with E-state index in [1.165, 1.54) is 0 Å². The van der Waals surface area contributed by atoms with Gasteiger partial charge in [0.05, 0.1) is 35.7 Å².